The molecule has 1 atom stereocenters. The predicted octanol–water partition coefficient (Wildman–Crippen LogP) is 2.57. The molecule has 1 spiro atoms. The first-order valence-corrected chi connectivity index (χ1v) is 8.91. The van der Waals surface area contributed by atoms with Gasteiger partial charge in [-0.3, -0.25) is 9.59 Å². The molecule has 5 nitrogen and oxygen atoms in total. The van der Waals surface area contributed by atoms with Gasteiger partial charge in [0.1, 0.15) is 5.66 Å². The van der Waals surface area contributed by atoms with Crippen molar-refractivity contribution >= 4 is 11.8 Å². The number of hydrogen-bond acceptors (Lipinski definition) is 3. The topological polar surface area (TPSA) is 49.9 Å². The smallest absolute Gasteiger partial charge is 0.228 e. The van der Waals surface area contributed by atoms with E-state index in [0.717, 1.165) is 32.2 Å². The second-order valence-corrected chi connectivity index (χ2v) is 6.51. The van der Waals surface area contributed by atoms with Gasteiger partial charge in [-0.1, -0.05) is 13.0 Å². The molecule has 0 bridgehead atoms. The van der Waals surface area contributed by atoms with E-state index < -0.39 is 0 Å². The van der Waals surface area contributed by atoms with Crippen molar-refractivity contribution in [2.75, 3.05) is 26.3 Å². The Labute approximate surface area is 139 Å². The van der Waals surface area contributed by atoms with Crippen molar-refractivity contribution in [1.82, 2.24) is 9.80 Å². The van der Waals surface area contributed by atoms with E-state index in [1.165, 1.54) is 0 Å². The monoisotopic (exact) mass is 322 g/mol. The maximum absolute atomic E-state index is 13.0. The van der Waals surface area contributed by atoms with Crippen LogP contribution in [0, 0.1) is 5.92 Å². The van der Waals surface area contributed by atoms with Crippen molar-refractivity contribution in [3.05, 3.63) is 12.7 Å². The predicted molar refractivity (Wildman–Crippen MR) is 89.7 cm³/mol. The molecular formula is C18H30N2O3. The number of ether oxygens (including phenoxy) is 1. The second kappa shape index (κ2) is 7.95. The minimum Gasteiger partial charge on any atom is -0.382 e. The highest BCUT2D eigenvalue weighted by Crippen LogP contribution is 2.48. The lowest BCUT2D eigenvalue weighted by Crippen LogP contribution is -2.53. The molecular weight excluding hydrogens is 292 g/mol. The van der Waals surface area contributed by atoms with Crippen molar-refractivity contribution < 1.29 is 14.3 Å². The van der Waals surface area contributed by atoms with E-state index in [2.05, 4.69) is 13.5 Å². The number of hydrogen-bond donors (Lipinski definition) is 0. The first kappa shape index (κ1) is 18.0. The van der Waals surface area contributed by atoms with E-state index in [1.807, 2.05) is 16.7 Å². The van der Waals surface area contributed by atoms with Gasteiger partial charge in [0.15, 0.2) is 0 Å². The lowest BCUT2D eigenvalue weighted by atomic mass is 9.98. The van der Waals surface area contributed by atoms with Crippen LogP contribution >= 0.6 is 0 Å². The van der Waals surface area contributed by atoms with Gasteiger partial charge in [-0.25, -0.2) is 0 Å². The minimum atomic E-state index is -0.368. The van der Waals surface area contributed by atoms with E-state index in [9.17, 15) is 9.59 Å². The van der Waals surface area contributed by atoms with Crippen LogP contribution in [0.1, 0.15) is 52.4 Å². The third-order valence-electron chi connectivity index (χ3n) is 4.84. The van der Waals surface area contributed by atoms with Crippen molar-refractivity contribution in [2.45, 2.75) is 58.0 Å². The van der Waals surface area contributed by atoms with Crippen molar-refractivity contribution in [2.24, 2.45) is 5.92 Å². The quantitative estimate of drug-likeness (QED) is 0.484. The van der Waals surface area contributed by atoms with Crippen LogP contribution in [0.3, 0.4) is 0 Å². The fraction of sp³-hybridized carbons (Fsp3) is 0.778. The summed E-state index contributed by atoms with van der Waals surface area (Å²) in [5, 5.41) is 0. The molecule has 5 heteroatoms. The van der Waals surface area contributed by atoms with Crippen LogP contribution in [0.15, 0.2) is 12.7 Å². The van der Waals surface area contributed by atoms with Crippen LogP contribution in [0.2, 0.25) is 0 Å². The third-order valence-corrected chi connectivity index (χ3v) is 4.84. The van der Waals surface area contributed by atoms with Gasteiger partial charge in [0.25, 0.3) is 0 Å². The summed E-state index contributed by atoms with van der Waals surface area (Å²) < 4.78 is 5.37. The van der Waals surface area contributed by atoms with Gasteiger partial charge in [-0.15, -0.1) is 6.58 Å². The van der Waals surface area contributed by atoms with E-state index in [0.29, 0.717) is 32.6 Å². The summed E-state index contributed by atoms with van der Waals surface area (Å²) in [5.41, 5.74) is -0.368. The average molecular weight is 322 g/mol. The van der Waals surface area contributed by atoms with Crippen LogP contribution in [-0.4, -0.2) is 53.6 Å². The zero-order valence-corrected chi connectivity index (χ0v) is 14.6. The van der Waals surface area contributed by atoms with Crippen LogP contribution < -0.4 is 0 Å². The zero-order chi connectivity index (χ0) is 16.9. The number of rotatable bonds is 9. The first-order valence-electron chi connectivity index (χ1n) is 8.91. The molecule has 1 saturated heterocycles. The summed E-state index contributed by atoms with van der Waals surface area (Å²) in [4.78, 5) is 29.6. The molecule has 2 fully saturated rings. The van der Waals surface area contributed by atoms with Gasteiger partial charge in [0.2, 0.25) is 11.8 Å². The Morgan fingerprint density at radius 1 is 1.30 bits per heavy atom. The van der Waals surface area contributed by atoms with E-state index in [4.69, 9.17) is 4.74 Å². The van der Waals surface area contributed by atoms with Gasteiger partial charge < -0.3 is 14.5 Å². The van der Waals surface area contributed by atoms with E-state index >= 15 is 0 Å². The maximum Gasteiger partial charge on any atom is 0.228 e. The fourth-order valence-electron chi connectivity index (χ4n) is 3.61. The Balaban J connectivity index is 2.16. The van der Waals surface area contributed by atoms with Gasteiger partial charge in [-0.2, -0.15) is 0 Å². The molecule has 1 saturated carbocycles. The summed E-state index contributed by atoms with van der Waals surface area (Å²) in [6.45, 7) is 10.4. The Morgan fingerprint density at radius 2 is 2.04 bits per heavy atom. The molecule has 2 amide bonds. The zero-order valence-electron chi connectivity index (χ0n) is 14.6. The maximum atomic E-state index is 13.0. The molecule has 2 aliphatic rings. The first-order chi connectivity index (χ1) is 11.1. The highest BCUT2D eigenvalue weighted by molar-refractivity contribution is 5.90. The average Bonchev–Trinajstić information content (AvgIpc) is 3.33. The second-order valence-electron chi connectivity index (χ2n) is 6.51. The van der Waals surface area contributed by atoms with E-state index in [-0.39, 0.29) is 23.4 Å². The number of nitrogens with zero attached hydrogens (tertiary/aromatic N) is 2. The summed E-state index contributed by atoms with van der Waals surface area (Å²) in [6, 6.07) is 0. The number of carbonyl (C=O) groups excluding carboxylic acids is 2. The Bertz CT molecular complexity index is 446. The molecule has 1 heterocycles. The molecule has 0 N–H and O–H groups in total. The summed E-state index contributed by atoms with van der Waals surface area (Å²) in [6.07, 6.45) is 6.34. The Morgan fingerprint density at radius 3 is 2.61 bits per heavy atom. The molecule has 1 aliphatic heterocycles. The molecule has 1 unspecified atom stereocenters. The summed E-state index contributed by atoms with van der Waals surface area (Å²) in [5.74, 6) is 0.0266. The molecule has 1 aliphatic carbocycles. The lowest BCUT2D eigenvalue weighted by Gasteiger charge is -2.38. The Kier molecular flexibility index (Phi) is 6.22. The fourth-order valence-corrected chi connectivity index (χ4v) is 3.61. The molecule has 0 radical (unpaired) electrons. The molecule has 130 valence electrons. The molecule has 23 heavy (non-hydrogen) atoms. The normalized spacial score (nSPS) is 23.3. The largest absolute Gasteiger partial charge is 0.382 e. The van der Waals surface area contributed by atoms with Crippen LogP contribution in [-0.2, 0) is 14.3 Å². The number of amides is 2. The van der Waals surface area contributed by atoms with Crippen molar-refractivity contribution in [1.29, 1.82) is 0 Å². The standard InChI is InChI=1S/C18H30N2O3/c1-4-11-19-16(21)14-15(8-7-13-23-6-3)17(22)20(12-5-2)18(19)9-10-18/h5,15H,2,4,6-14H2,1,3H3. The van der Waals surface area contributed by atoms with Gasteiger partial charge in [-0.05, 0) is 39.0 Å². The molecule has 0 aromatic rings. The van der Waals surface area contributed by atoms with Gasteiger partial charge in [0.05, 0.1) is 0 Å². The number of carbonyl (C=O) groups is 2. The van der Waals surface area contributed by atoms with Crippen LogP contribution in [0.25, 0.3) is 0 Å². The third kappa shape index (κ3) is 3.77. The van der Waals surface area contributed by atoms with Crippen LogP contribution in [0.5, 0.6) is 0 Å². The summed E-state index contributed by atoms with van der Waals surface area (Å²) >= 11 is 0. The van der Waals surface area contributed by atoms with E-state index in [1.54, 1.807) is 6.08 Å². The highest BCUT2D eigenvalue weighted by Gasteiger charge is 2.58. The van der Waals surface area contributed by atoms with Gasteiger partial charge in [0, 0.05) is 38.6 Å². The van der Waals surface area contributed by atoms with Gasteiger partial charge >= 0.3 is 0 Å². The van der Waals surface area contributed by atoms with Crippen LogP contribution in [0.4, 0.5) is 0 Å². The highest BCUT2D eigenvalue weighted by atomic mass is 16.5. The Hall–Kier alpha value is -1.36. The molecule has 2 rings (SSSR count). The molecule has 0 aromatic carbocycles. The lowest BCUT2D eigenvalue weighted by molar-refractivity contribution is -0.143. The minimum absolute atomic E-state index is 0.117. The van der Waals surface area contributed by atoms with Crippen molar-refractivity contribution in [3.63, 3.8) is 0 Å². The summed E-state index contributed by atoms with van der Waals surface area (Å²) in [7, 11) is 0. The van der Waals surface area contributed by atoms with Crippen molar-refractivity contribution in [3.8, 4) is 0 Å². The SMILES string of the molecule is C=CCN1C(=O)C(CCCOCC)CC(=O)N(CCC)C12CC2. The molecule has 0 aromatic heterocycles.